The summed E-state index contributed by atoms with van der Waals surface area (Å²) in [6.07, 6.45) is 4.11. The van der Waals surface area contributed by atoms with Gasteiger partial charge in [-0.25, -0.2) is 9.18 Å². The predicted octanol–water partition coefficient (Wildman–Crippen LogP) is 2.08. The van der Waals surface area contributed by atoms with Crippen LogP contribution in [-0.4, -0.2) is 22.7 Å². The average Bonchev–Trinajstić information content (AvgIpc) is 3.03. The Labute approximate surface area is 130 Å². The van der Waals surface area contributed by atoms with Gasteiger partial charge in [0.2, 0.25) is 0 Å². The second-order valence-electron chi connectivity index (χ2n) is 4.89. The number of hydrogen-bond donors (Lipinski definition) is 1. The minimum atomic E-state index is -0.811. The number of amides is 4. The number of rotatable bonds is 3. The van der Waals surface area contributed by atoms with Gasteiger partial charge in [-0.15, -0.1) is 0 Å². The van der Waals surface area contributed by atoms with Gasteiger partial charge >= 0.3 is 6.03 Å². The molecule has 23 heavy (non-hydrogen) atoms. The summed E-state index contributed by atoms with van der Waals surface area (Å²) < 4.78 is 17.8. The number of furan rings is 1. The summed E-state index contributed by atoms with van der Waals surface area (Å²) in [6.45, 7) is -0.0685. The Morgan fingerprint density at radius 3 is 2.52 bits per heavy atom. The summed E-state index contributed by atoms with van der Waals surface area (Å²) in [5, 5.41) is 2.11. The molecular formula is C16H11FN2O4. The third-order valence-corrected chi connectivity index (χ3v) is 3.29. The van der Waals surface area contributed by atoms with Gasteiger partial charge in [-0.05, 0) is 29.8 Å². The van der Waals surface area contributed by atoms with E-state index in [4.69, 9.17) is 4.42 Å². The van der Waals surface area contributed by atoms with Crippen LogP contribution in [0.3, 0.4) is 0 Å². The maximum Gasteiger partial charge on any atom is 0.331 e. The first-order valence-corrected chi connectivity index (χ1v) is 6.70. The summed E-state index contributed by atoms with van der Waals surface area (Å²) in [4.78, 5) is 37.0. The fourth-order valence-electron chi connectivity index (χ4n) is 2.13. The molecule has 1 fully saturated rings. The third kappa shape index (κ3) is 3.03. The van der Waals surface area contributed by atoms with Crippen molar-refractivity contribution in [2.45, 2.75) is 6.54 Å². The highest BCUT2D eigenvalue weighted by Crippen LogP contribution is 2.17. The predicted molar refractivity (Wildman–Crippen MR) is 77.2 cm³/mol. The number of imide groups is 2. The molecule has 0 aliphatic carbocycles. The number of carbonyl (C=O) groups excluding carboxylic acids is 3. The molecule has 116 valence electrons. The molecule has 6 nitrogen and oxygen atoms in total. The molecule has 2 heterocycles. The van der Waals surface area contributed by atoms with Gasteiger partial charge in [0.1, 0.15) is 11.4 Å². The smallest absolute Gasteiger partial charge is 0.331 e. The van der Waals surface area contributed by atoms with Crippen LogP contribution in [-0.2, 0) is 16.1 Å². The van der Waals surface area contributed by atoms with Gasteiger partial charge in [0.25, 0.3) is 11.8 Å². The van der Waals surface area contributed by atoms with Gasteiger partial charge in [-0.1, -0.05) is 12.1 Å². The maximum absolute atomic E-state index is 12.9. The van der Waals surface area contributed by atoms with Gasteiger partial charge in [0.05, 0.1) is 19.1 Å². The van der Waals surface area contributed by atoms with Crippen LogP contribution in [0.15, 0.2) is 52.8 Å². The van der Waals surface area contributed by atoms with Crippen molar-refractivity contribution in [1.82, 2.24) is 10.2 Å². The Morgan fingerprint density at radius 1 is 1.13 bits per heavy atom. The fourth-order valence-corrected chi connectivity index (χ4v) is 2.13. The molecule has 0 spiro atoms. The first-order valence-electron chi connectivity index (χ1n) is 6.70. The van der Waals surface area contributed by atoms with E-state index in [1.54, 1.807) is 6.07 Å². The molecule has 3 rings (SSSR count). The summed E-state index contributed by atoms with van der Waals surface area (Å²) in [5.74, 6) is -1.90. The topological polar surface area (TPSA) is 79.6 Å². The summed E-state index contributed by atoms with van der Waals surface area (Å²) in [7, 11) is 0. The molecule has 1 aliphatic rings. The van der Waals surface area contributed by atoms with Crippen LogP contribution in [0.4, 0.5) is 9.18 Å². The van der Waals surface area contributed by atoms with Gasteiger partial charge in [0.15, 0.2) is 0 Å². The Morgan fingerprint density at radius 2 is 1.87 bits per heavy atom. The molecule has 0 saturated carbocycles. The van der Waals surface area contributed by atoms with Crippen molar-refractivity contribution in [1.29, 1.82) is 0 Å². The molecule has 1 aliphatic heterocycles. The highest BCUT2D eigenvalue weighted by molar-refractivity contribution is 6.30. The molecule has 1 N–H and O–H groups in total. The molecule has 4 amide bonds. The summed E-state index contributed by atoms with van der Waals surface area (Å²) in [6, 6.07) is 6.16. The van der Waals surface area contributed by atoms with E-state index in [0.29, 0.717) is 11.1 Å². The first-order chi connectivity index (χ1) is 11.0. The quantitative estimate of drug-likeness (QED) is 0.695. The van der Waals surface area contributed by atoms with Crippen LogP contribution in [0.2, 0.25) is 0 Å². The lowest BCUT2D eigenvalue weighted by Gasteiger charge is -2.26. The van der Waals surface area contributed by atoms with Crippen LogP contribution >= 0.6 is 0 Å². The number of hydrogen-bond acceptors (Lipinski definition) is 4. The van der Waals surface area contributed by atoms with E-state index in [2.05, 4.69) is 5.32 Å². The zero-order chi connectivity index (χ0) is 16.4. The number of urea groups is 1. The first kappa shape index (κ1) is 14.7. The number of barbiturate groups is 1. The molecule has 0 bridgehead atoms. The van der Waals surface area contributed by atoms with Crippen molar-refractivity contribution in [3.63, 3.8) is 0 Å². The highest BCUT2D eigenvalue weighted by Gasteiger charge is 2.35. The van der Waals surface area contributed by atoms with Gasteiger partial charge in [-0.3, -0.25) is 19.8 Å². The average molecular weight is 314 g/mol. The Hall–Kier alpha value is -3.22. The van der Waals surface area contributed by atoms with Crippen molar-refractivity contribution in [2.75, 3.05) is 0 Å². The minimum Gasteiger partial charge on any atom is -0.472 e. The van der Waals surface area contributed by atoms with Crippen molar-refractivity contribution in [3.8, 4) is 0 Å². The number of carbonyl (C=O) groups is 3. The third-order valence-electron chi connectivity index (χ3n) is 3.29. The maximum atomic E-state index is 12.9. The Bertz CT molecular complexity index is 794. The molecule has 7 heteroatoms. The van der Waals surface area contributed by atoms with Crippen molar-refractivity contribution in [2.24, 2.45) is 0 Å². The van der Waals surface area contributed by atoms with E-state index in [1.165, 1.54) is 42.9 Å². The lowest BCUT2D eigenvalue weighted by atomic mass is 10.1. The second-order valence-corrected chi connectivity index (χ2v) is 4.89. The molecular weight excluding hydrogens is 303 g/mol. The second kappa shape index (κ2) is 5.88. The van der Waals surface area contributed by atoms with Crippen molar-refractivity contribution in [3.05, 3.63) is 65.4 Å². The highest BCUT2D eigenvalue weighted by atomic mass is 19.1. The van der Waals surface area contributed by atoms with E-state index in [-0.39, 0.29) is 12.1 Å². The normalized spacial score (nSPS) is 16.8. The number of halogens is 1. The number of nitrogens with one attached hydrogen (secondary N) is 1. The van der Waals surface area contributed by atoms with Gasteiger partial charge in [-0.2, -0.15) is 0 Å². The van der Waals surface area contributed by atoms with Crippen LogP contribution in [0, 0.1) is 5.82 Å². The lowest BCUT2D eigenvalue weighted by Crippen LogP contribution is -2.53. The monoisotopic (exact) mass is 314 g/mol. The molecule has 1 saturated heterocycles. The zero-order valence-electron chi connectivity index (χ0n) is 11.8. The number of nitrogens with zero attached hydrogens (tertiary/aromatic N) is 1. The summed E-state index contributed by atoms with van der Waals surface area (Å²) in [5.41, 5.74) is 0.916. The molecule has 1 aromatic carbocycles. The van der Waals surface area contributed by atoms with Crippen LogP contribution in [0.5, 0.6) is 0 Å². The minimum absolute atomic E-state index is 0.0685. The van der Waals surface area contributed by atoms with Gasteiger partial charge in [0, 0.05) is 5.56 Å². The Balaban J connectivity index is 1.88. The van der Waals surface area contributed by atoms with Crippen LogP contribution < -0.4 is 5.32 Å². The van der Waals surface area contributed by atoms with E-state index in [1.807, 2.05) is 0 Å². The SMILES string of the molecule is O=C1NC(=O)N(Cc2ccc(F)cc2)C(=O)C1=Cc1ccoc1. The molecule has 0 unspecified atom stereocenters. The summed E-state index contributed by atoms with van der Waals surface area (Å²) >= 11 is 0. The largest absolute Gasteiger partial charge is 0.472 e. The zero-order valence-corrected chi connectivity index (χ0v) is 11.8. The molecule has 0 radical (unpaired) electrons. The Kier molecular flexibility index (Phi) is 3.76. The van der Waals surface area contributed by atoms with Crippen molar-refractivity contribution >= 4 is 23.9 Å². The van der Waals surface area contributed by atoms with E-state index in [0.717, 1.165) is 4.90 Å². The number of benzene rings is 1. The van der Waals surface area contributed by atoms with E-state index < -0.39 is 23.7 Å². The van der Waals surface area contributed by atoms with Gasteiger partial charge < -0.3 is 4.42 Å². The van der Waals surface area contributed by atoms with Crippen LogP contribution in [0.25, 0.3) is 6.08 Å². The molecule has 2 aromatic rings. The molecule has 0 atom stereocenters. The van der Waals surface area contributed by atoms with Crippen LogP contribution in [0.1, 0.15) is 11.1 Å². The van der Waals surface area contributed by atoms with E-state index in [9.17, 15) is 18.8 Å². The molecule has 1 aromatic heterocycles. The standard InChI is InChI=1S/C16H11FN2O4/c17-12-3-1-10(2-4-12)8-19-15(21)13(14(20)18-16(19)22)7-11-5-6-23-9-11/h1-7,9H,8H2,(H,18,20,22). The fraction of sp³-hybridized carbons (Fsp3) is 0.0625. The lowest BCUT2D eigenvalue weighted by molar-refractivity contribution is -0.130. The van der Waals surface area contributed by atoms with E-state index >= 15 is 0 Å². The van der Waals surface area contributed by atoms with Crippen molar-refractivity contribution < 1.29 is 23.2 Å².